The molecule has 0 N–H and O–H groups in total. The number of amides is 1. The van der Waals surface area contributed by atoms with Gasteiger partial charge in [0, 0.05) is 44.7 Å². The van der Waals surface area contributed by atoms with E-state index in [-0.39, 0.29) is 5.91 Å². The summed E-state index contributed by atoms with van der Waals surface area (Å²) in [5.74, 6) is 0.846. The Hall–Kier alpha value is -1.94. The van der Waals surface area contributed by atoms with Gasteiger partial charge in [0.25, 0.3) is 0 Å². The van der Waals surface area contributed by atoms with Gasteiger partial charge >= 0.3 is 0 Å². The van der Waals surface area contributed by atoms with E-state index in [0.29, 0.717) is 12.3 Å². The van der Waals surface area contributed by atoms with E-state index in [0.717, 1.165) is 31.6 Å². The van der Waals surface area contributed by atoms with Crippen LogP contribution >= 0.6 is 0 Å². The highest BCUT2D eigenvalue weighted by Gasteiger charge is 2.23. The maximum atomic E-state index is 11.5. The van der Waals surface area contributed by atoms with Gasteiger partial charge in [0.15, 0.2) is 0 Å². The molecule has 1 fully saturated rings. The second-order valence-corrected chi connectivity index (χ2v) is 6.41. The van der Waals surface area contributed by atoms with Gasteiger partial charge in [-0.05, 0) is 37.1 Å². The molecule has 1 amide bonds. The van der Waals surface area contributed by atoms with Crippen molar-refractivity contribution in [2.24, 2.45) is 5.92 Å². The largest absolute Gasteiger partial charge is 0.345 e. The number of para-hydroxylation sites is 1. The van der Waals surface area contributed by atoms with Crippen LogP contribution in [0.2, 0.25) is 0 Å². The second kappa shape index (κ2) is 6.44. The highest BCUT2D eigenvalue weighted by molar-refractivity contribution is 5.78. The fraction of sp³-hybridized carbons (Fsp3) is 0.444. The van der Waals surface area contributed by atoms with Gasteiger partial charge in [0.2, 0.25) is 5.91 Å². The van der Waals surface area contributed by atoms with Crippen LogP contribution in [0.5, 0.6) is 0 Å². The number of benzene rings is 1. The molecule has 1 atom stereocenters. The minimum Gasteiger partial charge on any atom is -0.345 e. The van der Waals surface area contributed by atoms with Crippen LogP contribution in [0.1, 0.15) is 18.4 Å². The van der Waals surface area contributed by atoms with Crippen molar-refractivity contribution in [2.45, 2.75) is 19.4 Å². The van der Waals surface area contributed by atoms with Crippen molar-refractivity contribution in [3.05, 3.63) is 42.1 Å². The van der Waals surface area contributed by atoms with Gasteiger partial charge in [-0.15, -0.1) is 0 Å². The van der Waals surface area contributed by atoms with Crippen LogP contribution in [-0.4, -0.2) is 47.9 Å². The van der Waals surface area contributed by atoms with Crippen LogP contribution < -0.4 is 0 Å². The lowest BCUT2D eigenvalue weighted by atomic mass is 9.97. The van der Waals surface area contributed by atoms with Gasteiger partial charge in [0.1, 0.15) is 0 Å². The van der Waals surface area contributed by atoms with E-state index in [9.17, 15) is 4.79 Å². The lowest BCUT2D eigenvalue weighted by molar-refractivity contribution is -0.133. The first-order chi connectivity index (χ1) is 10.6. The Labute approximate surface area is 131 Å². The summed E-state index contributed by atoms with van der Waals surface area (Å²) in [5.41, 5.74) is 2.28. The smallest absolute Gasteiger partial charge is 0.222 e. The Balaban J connectivity index is 1.60. The molecule has 1 aromatic heterocycles. The van der Waals surface area contributed by atoms with Crippen molar-refractivity contribution >= 4 is 16.8 Å². The first kappa shape index (κ1) is 15.0. The summed E-state index contributed by atoms with van der Waals surface area (Å²) in [6.07, 6.45) is 3.66. The minimum absolute atomic E-state index is 0.276. The molecule has 116 valence electrons. The lowest BCUT2D eigenvalue weighted by Gasteiger charge is -2.32. The molecule has 0 spiro atoms. The molecule has 1 aliphatic heterocycles. The molecular formula is C18H23N3O. The van der Waals surface area contributed by atoms with E-state index < -0.39 is 0 Å². The molecule has 2 heterocycles. The van der Waals surface area contributed by atoms with E-state index in [1.165, 1.54) is 10.9 Å². The standard InChI is InChI=1S/C18H23N3O/c1-20(11-14-7-8-18(22)21(2)13-14)12-15-9-16-5-3-4-6-17(16)19-10-15/h3-6,9-10,14H,7-8,11-13H2,1-2H3. The molecule has 4 nitrogen and oxygen atoms in total. The van der Waals surface area contributed by atoms with Crippen molar-refractivity contribution in [1.29, 1.82) is 0 Å². The van der Waals surface area contributed by atoms with Crippen molar-refractivity contribution < 1.29 is 4.79 Å². The van der Waals surface area contributed by atoms with E-state index in [4.69, 9.17) is 0 Å². The van der Waals surface area contributed by atoms with Gasteiger partial charge < -0.3 is 9.80 Å². The zero-order chi connectivity index (χ0) is 15.5. The molecule has 1 unspecified atom stereocenters. The Morgan fingerprint density at radius 2 is 2.18 bits per heavy atom. The number of aromatic nitrogens is 1. The molecule has 0 saturated carbocycles. The summed E-state index contributed by atoms with van der Waals surface area (Å²) in [6, 6.07) is 10.4. The minimum atomic E-state index is 0.276. The third-order valence-corrected chi connectivity index (χ3v) is 4.39. The van der Waals surface area contributed by atoms with Crippen LogP contribution in [0.3, 0.4) is 0 Å². The molecule has 0 bridgehead atoms. The maximum Gasteiger partial charge on any atom is 0.222 e. The molecule has 22 heavy (non-hydrogen) atoms. The van der Waals surface area contributed by atoms with E-state index in [1.54, 1.807) is 0 Å². The Morgan fingerprint density at radius 3 is 3.00 bits per heavy atom. The predicted octanol–water partition coefficient (Wildman–Crippen LogP) is 2.54. The number of nitrogens with zero attached hydrogens (tertiary/aromatic N) is 3. The number of piperidine rings is 1. The molecule has 1 saturated heterocycles. The molecule has 4 heteroatoms. The highest BCUT2D eigenvalue weighted by Crippen LogP contribution is 2.19. The predicted molar refractivity (Wildman–Crippen MR) is 88.4 cm³/mol. The fourth-order valence-electron chi connectivity index (χ4n) is 3.27. The molecule has 0 aliphatic carbocycles. The Bertz CT molecular complexity index is 670. The number of likely N-dealkylation sites (tertiary alicyclic amines) is 1. The molecule has 1 aliphatic rings. The first-order valence-corrected chi connectivity index (χ1v) is 7.88. The number of fused-ring (bicyclic) bond motifs is 1. The lowest BCUT2D eigenvalue weighted by Crippen LogP contribution is -2.41. The summed E-state index contributed by atoms with van der Waals surface area (Å²) in [4.78, 5) is 20.3. The maximum absolute atomic E-state index is 11.5. The summed E-state index contributed by atoms with van der Waals surface area (Å²) < 4.78 is 0. The number of carbonyl (C=O) groups excluding carboxylic acids is 1. The fourth-order valence-corrected chi connectivity index (χ4v) is 3.27. The summed E-state index contributed by atoms with van der Waals surface area (Å²) >= 11 is 0. The van der Waals surface area contributed by atoms with Crippen molar-refractivity contribution in [3.8, 4) is 0 Å². The molecule has 3 rings (SSSR count). The topological polar surface area (TPSA) is 36.4 Å². The quantitative estimate of drug-likeness (QED) is 0.870. The van der Waals surface area contributed by atoms with E-state index in [2.05, 4.69) is 29.1 Å². The van der Waals surface area contributed by atoms with Crippen LogP contribution in [-0.2, 0) is 11.3 Å². The van der Waals surface area contributed by atoms with Gasteiger partial charge in [-0.1, -0.05) is 18.2 Å². The molecule has 0 radical (unpaired) electrons. The summed E-state index contributed by atoms with van der Waals surface area (Å²) in [7, 11) is 4.05. The van der Waals surface area contributed by atoms with Crippen molar-refractivity contribution in [1.82, 2.24) is 14.8 Å². The Morgan fingerprint density at radius 1 is 1.36 bits per heavy atom. The number of rotatable bonds is 4. The van der Waals surface area contributed by atoms with Gasteiger partial charge in [-0.3, -0.25) is 9.78 Å². The van der Waals surface area contributed by atoms with Crippen LogP contribution in [0.4, 0.5) is 0 Å². The third kappa shape index (κ3) is 3.45. The van der Waals surface area contributed by atoms with E-state index in [1.807, 2.05) is 36.3 Å². The number of hydrogen-bond donors (Lipinski definition) is 0. The zero-order valence-electron chi connectivity index (χ0n) is 13.3. The van der Waals surface area contributed by atoms with Gasteiger partial charge in [-0.2, -0.15) is 0 Å². The number of pyridine rings is 1. The summed E-state index contributed by atoms with van der Waals surface area (Å²) in [6.45, 7) is 2.79. The van der Waals surface area contributed by atoms with Crippen LogP contribution in [0, 0.1) is 5.92 Å². The number of hydrogen-bond acceptors (Lipinski definition) is 3. The Kier molecular flexibility index (Phi) is 4.39. The molecule has 2 aromatic rings. The monoisotopic (exact) mass is 297 g/mol. The molecule has 1 aromatic carbocycles. The highest BCUT2D eigenvalue weighted by atomic mass is 16.2. The SMILES string of the molecule is CN(Cc1cnc2ccccc2c1)CC1CCC(=O)N(C)C1. The van der Waals surface area contributed by atoms with Crippen molar-refractivity contribution in [3.63, 3.8) is 0 Å². The van der Waals surface area contributed by atoms with E-state index >= 15 is 0 Å². The van der Waals surface area contributed by atoms with Gasteiger partial charge in [-0.25, -0.2) is 0 Å². The van der Waals surface area contributed by atoms with Crippen molar-refractivity contribution in [2.75, 3.05) is 27.2 Å². The van der Waals surface area contributed by atoms with Crippen LogP contribution in [0.25, 0.3) is 10.9 Å². The molecular weight excluding hydrogens is 274 g/mol. The van der Waals surface area contributed by atoms with Gasteiger partial charge in [0.05, 0.1) is 5.52 Å². The average Bonchev–Trinajstić information content (AvgIpc) is 2.51. The third-order valence-electron chi connectivity index (χ3n) is 4.39. The zero-order valence-corrected chi connectivity index (χ0v) is 13.3. The second-order valence-electron chi connectivity index (χ2n) is 6.41. The average molecular weight is 297 g/mol. The summed E-state index contributed by atoms with van der Waals surface area (Å²) in [5, 5.41) is 1.19. The van der Waals surface area contributed by atoms with Crippen LogP contribution in [0.15, 0.2) is 36.5 Å². The first-order valence-electron chi connectivity index (χ1n) is 7.88. The number of carbonyl (C=O) groups is 1. The normalized spacial score (nSPS) is 19.1.